The number of thiol groups is 1. The molecule has 1 atom stereocenters. The molecule has 0 heterocycles. The number of carbonyl (C=O) groups is 1. The van der Waals surface area contributed by atoms with Gasteiger partial charge in [0.2, 0.25) is 0 Å². The van der Waals surface area contributed by atoms with Gasteiger partial charge in [-0.25, -0.2) is 0 Å². The Bertz CT molecular complexity index is 383. The van der Waals surface area contributed by atoms with Gasteiger partial charge in [-0.2, -0.15) is 5.26 Å². The fourth-order valence-electron chi connectivity index (χ4n) is 1.28. The number of benzene rings is 1. The van der Waals surface area contributed by atoms with Crippen LogP contribution in [0.25, 0.3) is 0 Å². The standard InChI is InChI=1S/C11H10BrNOS/c12-10-3-1-8(2-4-10)5-9(7-13)6-11(14)15/h1-4,9H,5-6H2,(H,14,15)/t9-/m0/s1. The molecule has 0 saturated carbocycles. The molecule has 0 saturated heterocycles. The van der Waals surface area contributed by atoms with Crippen LogP contribution in [0.5, 0.6) is 0 Å². The van der Waals surface area contributed by atoms with Crippen molar-refractivity contribution in [3.8, 4) is 6.07 Å². The molecule has 1 aromatic carbocycles. The predicted molar refractivity (Wildman–Crippen MR) is 65.6 cm³/mol. The Morgan fingerprint density at radius 2 is 2.07 bits per heavy atom. The molecular weight excluding hydrogens is 274 g/mol. The fourth-order valence-corrected chi connectivity index (χ4v) is 1.76. The molecule has 0 spiro atoms. The molecule has 0 unspecified atom stereocenters. The van der Waals surface area contributed by atoms with Crippen molar-refractivity contribution in [1.82, 2.24) is 0 Å². The lowest BCUT2D eigenvalue weighted by Crippen LogP contribution is -2.05. The third kappa shape index (κ3) is 4.50. The second kappa shape index (κ2) is 5.94. The van der Waals surface area contributed by atoms with Gasteiger partial charge in [-0.3, -0.25) is 4.79 Å². The molecule has 0 aromatic heterocycles. The summed E-state index contributed by atoms with van der Waals surface area (Å²) in [5, 5.41) is 8.61. The molecule has 0 bridgehead atoms. The van der Waals surface area contributed by atoms with Crippen LogP contribution in [0.1, 0.15) is 12.0 Å². The van der Waals surface area contributed by atoms with E-state index >= 15 is 0 Å². The lowest BCUT2D eigenvalue weighted by molar-refractivity contribution is -0.111. The van der Waals surface area contributed by atoms with E-state index in [1.807, 2.05) is 24.3 Å². The summed E-state index contributed by atoms with van der Waals surface area (Å²) < 4.78 is 1.00. The van der Waals surface area contributed by atoms with Crippen molar-refractivity contribution in [3.05, 3.63) is 34.3 Å². The summed E-state index contributed by atoms with van der Waals surface area (Å²) in [6.07, 6.45) is 0.797. The maximum atomic E-state index is 10.8. The predicted octanol–water partition coefficient (Wildman–Crippen LogP) is 2.98. The molecule has 4 heteroatoms. The van der Waals surface area contributed by atoms with Crippen LogP contribution in [-0.4, -0.2) is 5.12 Å². The van der Waals surface area contributed by atoms with E-state index in [4.69, 9.17) is 5.26 Å². The molecule has 2 nitrogen and oxygen atoms in total. The van der Waals surface area contributed by atoms with Gasteiger partial charge in [-0.15, -0.1) is 12.6 Å². The maximum Gasteiger partial charge on any atom is 0.187 e. The third-order valence-corrected chi connectivity index (χ3v) is 2.71. The number of halogens is 1. The SMILES string of the molecule is N#C[C@H](CC(=O)S)Cc1ccc(Br)cc1. The van der Waals surface area contributed by atoms with Crippen molar-refractivity contribution in [1.29, 1.82) is 5.26 Å². The minimum Gasteiger partial charge on any atom is -0.287 e. The van der Waals surface area contributed by atoms with Gasteiger partial charge in [0.05, 0.1) is 12.0 Å². The van der Waals surface area contributed by atoms with Gasteiger partial charge in [0.15, 0.2) is 5.12 Å². The van der Waals surface area contributed by atoms with E-state index in [2.05, 4.69) is 34.6 Å². The minimum absolute atomic E-state index is 0.204. The first-order chi connectivity index (χ1) is 7.11. The Morgan fingerprint density at radius 1 is 1.47 bits per heavy atom. The summed E-state index contributed by atoms with van der Waals surface area (Å²) in [6, 6.07) is 9.84. The van der Waals surface area contributed by atoms with E-state index in [-0.39, 0.29) is 17.5 Å². The van der Waals surface area contributed by atoms with E-state index in [0.717, 1.165) is 10.0 Å². The number of nitriles is 1. The summed E-state index contributed by atoms with van der Waals surface area (Å²) in [5.41, 5.74) is 1.05. The van der Waals surface area contributed by atoms with Crippen molar-refractivity contribution in [2.24, 2.45) is 5.92 Å². The number of hydrogen-bond acceptors (Lipinski definition) is 2. The van der Waals surface area contributed by atoms with Crippen LogP contribution in [0, 0.1) is 17.2 Å². The van der Waals surface area contributed by atoms with Crippen molar-refractivity contribution in [2.75, 3.05) is 0 Å². The van der Waals surface area contributed by atoms with E-state index in [1.165, 1.54) is 0 Å². The molecule has 0 aliphatic carbocycles. The van der Waals surface area contributed by atoms with E-state index in [0.29, 0.717) is 6.42 Å². The van der Waals surface area contributed by atoms with Crippen molar-refractivity contribution in [2.45, 2.75) is 12.8 Å². The first kappa shape index (κ1) is 12.3. The molecule has 0 radical (unpaired) electrons. The number of rotatable bonds is 4. The average molecular weight is 284 g/mol. The summed E-state index contributed by atoms with van der Waals surface area (Å²) >= 11 is 7.01. The van der Waals surface area contributed by atoms with E-state index in [9.17, 15) is 4.79 Å². The van der Waals surface area contributed by atoms with Gasteiger partial charge in [-0.1, -0.05) is 28.1 Å². The van der Waals surface area contributed by atoms with Gasteiger partial charge < -0.3 is 0 Å². The third-order valence-electron chi connectivity index (χ3n) is 2.00. The lowest BCUT2D eigenvalue weighted by Gasteiger charge is -2.06. The average Bonchev–Trinajstić information content (AvgIpc) is 2.19. The molecule has 0 fully saturated rings. The zero-order valence-electron chi connectivity index (χ0n) is 7.98. The lowest BCUT2D eigenvalue weighted by atomic mass is 9.98. The van der Waals surface area contributed by atoms with Crippen LogP contribution in [0.2, 0.25) is 0 Å². The number of carbonyl (C=O) groups excluding carboxylic acids is 1. The van der Waals surface area contributed by atoms with Crippen LogP contribution in [0.15, 0.2) is 28.7 Å². The van der Waals surface area contributed by atoms with E-state index < -0.39 is 0 Å². The number of hydrogen-bond donors (Lipinski definition) is 1. The molecule has 1 rings (SSSR count). The first-order valence-electron chi connectivity index (χ1n) is 4.47. The van der Waals surface area contributed by atoms with E-state index in [1.54, 1.807) is 0 Å². The van der Waals surface area contributed by atoms with Crippen LogP contribution < -0.4 is 0 Å². The Balaban J connectivity index is 2.63. The Labute approximate surface area is 103 Å². The molecular formula is C11H10BrNOS. The number of nitrogens with zero attached hydrogens (tertiary/aromatic N) is 1. The summed E-state index contributed by atoms with van der Waals surface area (Å²) in [4.78, 5) is 10.8. The highest BCUT2D eigenvalue weighted by Crippen LogP contribution is 2.16. The molecule has 78 valence electrons. The normalized spacial score (nSPS) is 11.8. The summed E-state index contributed by atoms with van der Waals surface area (Å²) in [6.45, 7) is 0. The zero-order valence-corrected chi connectivity index (χ0v) is 10.5. The van der Waals surface area contributed by atoms with Crippen LogP contribution in [0.4, 0.5) is 0 Å². The smallest absolute Gasteiger partial charge is 0.187 e. The molecule has 0 amide bonds. The molecule has 0 aliphatic rings. The minimum atomic E-state index is -0.281. The zero-order chi connectivity index (χ0) is 11.3. The molecule has 1 aromatic rings. The van der Waals surface area contributed by atoms with Crippen LogP contribution >= 0.6 is 28.6 Å². The second-order valence-corrected chi connectivity index (χ2v) is 4.67. The van der Waals surface area contributed by atoms with Gasteiger partial charge in [-0.05, 0) is 24.1 Å². The quantitative estimate of drug-likeness (QED) is 0.863. The first-order valence-corrected chi connectivity index (χ1v) is 5.71. The Hall–Kier alpha value is -0.790. The largest absolute Gasteiger partial charge is 0.287 e. The van der Waals surface area contributed by atoms with Gasteiger partial charge in [0.25, 0.3) is 0 Å². The monoisotopic (exact) mass is 283 g/mol. The summed E-state index contributed by atoms with van der Waals surface area (Å²) in [5.74, 6) is -0.281. The maximum absolute atomic E-state index is 10.8. The second-order valence-electron chi connectivity index (χ2n) is 3.25. The summed E-state index contributed by atoms with van der Waals surface area (Å²) in [7, 11) is 0. The Morgan fingerprint density at radius 3 is 2.53 bits per heavy atom. The highest BCUT2D eigenvalue weighted by atomic mass is 79.9. The van der Waals surface area contributed by atoms with Crippen molar-refractivity contribution in [3.63, 3.8) is 0 Å². The van der Waals surface area contributed by atoms with Gasteiger partial charge in [0, 0.05) is 10.9 Å². The molecule has 0 N–H and O–H groups in total. The Kier molecular flexibility index (Phi) is 4.86. The van der Waals surface area contributed by atoms with Crippen LogP contribution in [-0.2, 0) is 11.2 Å². The highest BCUT2D eigenvalue weighted by molar-refractivity contribution is 9.10. The van der Waals surface area contributed by atoms with Crippen molar-refractivity contribution >= 4 is 33.7 Å². The molecule has 15 heavy (non-hydrogen) atoms. The topological polar surface area (TPSA) is 40.9 Å². The molecule has 0 aliphatic heterocycles. The fraction of sp³-hybridized carbons (Fsp3) is 0.273. The van der Waals surface area contributed by atoms with Gasteiger partial charge >= 0.3 is 0 Å². The van der Waals surface area contributed by atoms with Gasteiger partial charge in [0.1, 0.15) is 0 Å². The van der Waals surface area contributed by atoms with Crippen molar-refractivity contribution < 1.29 is 4.79 Å². The highest BCUT2D eigenvalue weighted by Gasteiger charge is 2.11. The van der Waals surface area contributed by atoms with Crippen LogP contribution in [0.3, 0.4) is 0 Å².